The number of rotatable bonds is 2. The van der Waals surface area contributed by atoms with Crippen molar-refractivity contribution in [2.24, 2.45) is 0 Å². The molecule has 0 radical (unpaired) electrons. The molecule has 66 valence electrons. The third-order valence-electron chi connectivity index (χ3n) is 0.623. The van der Waals surface area contributed by atoms with Gasteiger partial charge in [-0.3, -0.25) is 10.2 Å². The van der Waals surface area contributed by atoms with E-state index in [1.54, 1.807) is 6.92 Å². The molecule has 5 nitrogen and oxygen atoms in total. The van der Waals surface area contributed by atoms with E-state index >= 15 is 0 Å². The maximum atomic E-state index is 9.47. The van der Waals surface area contributed by atoms with Crippen LogP contribution in [0.5, 0.6) is 0 Å². The van der Waals surface area contributed by atoms with E-state index in [9.17, 15) is 9.59 Å². The van der Waals surface area contributed by atoms with Crippen LogP contribution in [0.1, 0.15) is 21.7 Å². The van der Waals surface area contributed by atoms with E-state index in [1.807, 2.05) is 0 Å². The van der Waals surface area contributed by atoms with E-state index in [-0.39, 0.29) is 43.1 Å². The van der Waals surface area contributed by atoms with Crippen molar-refractivity contribution in [2.45, 2.75) is 20.3 Å². The number of nitrogens with one attached hydrogen (secondary N) is 1. The van der Waals surface area contributed by atoms with Gasteiger partial charge in [0.05, 0.1) is 0 Å². The largest absolute Gasteiger partial charge is 1.00 e. The molecule has 0 saturated heterocycles. The molecule has 0 aromatic rings. The van der Waals surface area contributed by atoms with Crippen molar-refractivity contribution in [1.82, 2.24) is 0 Å². The maximum Gasteiger partial charge on any atom is 1.00 e. The van der Waals surface area contributed by atoms with Crippen LogP contribution in [-0.4, -0.2) is 27.9 Å². The second-order valence-electron chi connectivity index (χ2n) is 1.68. The summed E-state index contributed by atoms with van der Waals surface area (Å²) in [6, 6.07) is 0. The van der Waals surface area contributed by atoms with Crippen molar-refractivity contribution in [2.75, 3.05) is 0 Å². The number of carboxylic acid groups (broad SMARTS) is 2. The summed E-state index contributed by atoms with van der Waals surface area (Å²) < 4.78 is 0. The SMILES string of the molecule is CC(=N)C(=O)O.CCC(=O)O.[H-].[Na+]. The number of hydrogen-bond acceptors (Lipinski definition) is 3. The summed E-state index contributed by atoms with van der Waals surface area (Å²) in [6.45, 7) is 2.82. The van der Waals surface area contributed by atoms with Gasteiger partial charge in [0.1, 0.15) is 5.71 Å². The molecule has 0 saturated carbocycles. The van der Waals surface area contributed by atoms with Crippen molar-refractivity contribution >= 4 is 17.7 Å². The molecule has 0 spiro atoms. The first-order valence-corrected chi connectivity index (χ1v) is 2.92. The minimum absolute atomic E-state index is 0. The third kappa shape index (κ3) is 22.6. The molecule has 0 bridgehead atoms. The molecule has 0 aromatic carbocycles. The minimum atomic E-state index is -1.16. The summed E-state index contributed by atoms with van der Waals surface area (Å²) in [5.74, 6) is -1.90. The van der Waals surface area contributed by atoms with Crippen molar-refractivity contribution in [3.63, 3.8) is 0 Å². The molecule has 0 amide bonds. The molecular weight excluding hydrogens is 173 g/mol. The standard InChI is InChI=1S/C3H5NO2.C3H6O2.Na.H/c1-2(4)3(5)6;1-2-3(4)5;;/h4H,1H3,(H,5,6);2H2,1H3,(H,4,5);;/q;;+1;-1. The van der Waals surface area contributed by atoms with Crippen molar-refractivity contribution < 1.29 is 50.8 Å². The van der Waals surface area contributed by atoms with Crippen LogP contribution < -0.4 is 29.6 Å². The molecule has 6 heteroatoms. The second-order valence-corrected chi connectivity index (χ2v) is 1.68. The zero-order chi connectivity index (χ0) is 9.44. The molecule has 0 aliphatic heterocycles. The van der Waals surface area contributed by atoms with Crippen LogP contribution in [0.3, 0.4) is 0 Å². The van der Waals surface area contributed by atoms with Crippen molar-refractivity contribution in [3.05, 3.63) is 0 Å². The summed E-state index contributed by atoms with van der Waals surface area (Å²) in [7, 11) is 0. The summed E-state index contributed by atoms with van der Waals surface area (Å²) in [4.78, 5) is 18.8. The van der Waals surface area contributed by atoms with Gasteiger partial charge in [0.15, 0.2) is 0 Å². The summed E-state index contributed by atoms with van der Waals surface area (Å²) in [5, 5.41) is 21.8. The zero-order valence-electron chi connectivity index (χ0n) is 8.42. The molecule has 0 heterocycles. The number of hydrogen-bond donors (Lipinski definition) is 3. The van der Waals surface area contributed by atoms with E-state index in [1.165, 1.54) is 6.92 Å². The monoisotopic (exact) mass is 185 g/mol. The number of carboxylic acids is 2. The van der Waals surface area contributed by atoms with E-state index in [0.29, 0.717) is 0 Å². The Morgan fingerprint density at radius 1 is 1.42 bits per heavy atom. The molecule has 3 N–H and O–H groups in total. The first kappa shape index (κ1) is 17.6. The van der Waals surface area contributed by atoms with Gasteiger partial charge in [-0.1, -0.05) is 6.92 Å². The first-order valence-electron chi connectivity index (χ1n) is 2.92. The normalized spacial score (nSPS) is 6.83. The third-order valence-corrected chi connectivity index (χ3v) is 0.623. The second kappa shape index (κ2) is 10.6. The van der Waals surface area contributed by atoms with Gasteiger partial charge in [-0.05, 0) is 6.92 Å². The Hall–Kier alpha value is -0.390. The van der Waals surface area contributed by atoms with Crippen LogP contribution in [0.2, 0.25) is 0 Å². The van der Waals surface area contributed by atoms with Crippen LogP contribution >= 0.6 is 0 Å². The van der Waals surface area contributed by atoms with Crippen molar-refractivity contribution in [3.8, 4) is 0 Å². The fourth-order valence-electron chi connectivity index (χ4n) is 0. The summed E-state index contributed by atoms with van der Waals surface area (Å²) in [5.41, 5.74) is -0.324. The van der Waals surface area contributed by atoms with Gasteiger partial charge in [0.2, 0.25) is 0 Å². The predicted molar refractivity (Wildman–Crippen MR) is 40.1 cm³/mol. The summed E-state index contributed by atoms with van der Waals surface area (Å²) >= 11 is 0. The fourth-order valence-corrected chi connectivity index (χ4v) is 0. The van der Waals surface area contributed by atoms with Crippen LogP contribution in [0.25, 0.3) is 0 Å². The van der Waals surface area contributed by atoms with Crippen LogP contribution in [0.15, 0.2) is 0 Å². The molecule has 0 aliphatic rings. The average Bonchev–Trinajstić information content (AvgIpc) is 1.89. The van der Waals surface area contributed by atoms with Gasteiger partial charge in [0.25, 0.3) is 0 Å². The molecule has 0 fully saturated rings. The Morgan fingerprint density at radius 2 is 1.58 bits per heavy atom. The minimum Gasteiger partial charge on any atom is -1.00 e. The molecule has 0 atom stereocenters. The smallest absolute Gasteiger partial charge is 1.00 e. The topological polar surface area (TPSA) is 98.5 Å². The van der Waals surface area contributed by atoms with Gasteiger partial charge < -0.3 is 11.6 Å². The molecule has 0 unspecified atom stereocenters. The van der Waals surface area contributed by atoms with Crippen molar-refractivity contribution in [1.29, 1.82) is 5.41 Å². The molecule has 0 aromatic heterocycles. The number of carbonyl (C=O) groups is 2. The Balaban J connectivity index is -0.0000000546. The van der Waals surface area contributed by atoms with Crippen LogP contribution in [0.4, 0.5) is 0 Å². The Kier molecular flexibility index (Phi) is 15.6. The van der Waals surface area contributed by atoms with E-state index in [2.05, 4.69) is 0 Å². The summed E-state index contributed by atoms with van der Waals surface area (Å²) in [6.07, 6.45) is 0.222. The molecule has 0 rings (SSSR count). The van der Waals surface area contributed by atoms with E-state index in [0.717, 1.165) is 0 Å². The molecular formula is C6H12NNaO4. The Bertz CT molecular complexity index is 162. The van der Waals surface area contributed by atoms with Gasteiger partial charge in [-0.15, -0.1) is 0 Å². The van der Waals surface area contributed by atoms with E-state index < -0.39 is 11.9 Å². The predicted octanol–water partition coefficient (Wildman–Crippen LogP) is -2.29. The van der Waals surface area contributed by atoms with Gasteiger partial charge in [-0.25, -0.2) is 4.79 Å². The van der Waals surface area contributed by atoms with Gasteiger partial charge >= 0.3 is 41.5 Å². The molecule has 0 aliphatic carbocycles. The maximum absolute atomic E-state index is 9.47. The first-order chi connectivity index (χ1) is 4.91. The Labute approximate surface area is 94.1 Å². The van der Waals surface area contributed by atoms with Crippen LogP contribution in [0, 0.1) is 5.41 Å². The molecule has 12 heavy (non-hydrogen) atoms. The average molecular weight is 185 g/mol. The van der Waals surface area contributed by atoms with Gasteiger partial charge in [0, 0.05) is 6.42 Å². The Morgan fingerprint density at radius 3 is 1.58 bits per heavy atom. The quantitative estimate of drug-likeness (QED) is 0.333. The van der Waals surface area contributed by atoms with E-state index in [4.69, 9.17) is 15.6 Å². The number of aliphatic carboxylic acids is 2. The zero-order valence-corrected chi connectivity index (χ0v) is 9.42. The van der Waals surface area contributed by atoms with Crippen LogP contribution in [-0.2, 0) is 9.59 Å². The fraction of sp³-hybridized carbons (Fsp3) is 0.500. The van der Waals surface area contributed by atoms with Gasteiger partial charge in [-0.2, -0.15) is 0 Å².